The maximum absolute atomic E-state index is 6.19. The number of benzene rings is 2. The Morgan fingerprint density at radius 2 is 1.39 bits per heavy atom. The molecule has 2 aromatic carbocycles. The van der Waals surface area contributed by atoms with Crippen LogP contribution >= 0.6 is 0 Å². The molecule has 0 bridgehead atoms. The summed E-state index contributed by atoms with van der Waals surface area (Å²) in [5.41, 5.74) is 5.03. The topological polar surface area (TPSA) is 9.23 Å². The summed E-state index contributed by atoms with van der Waals surface area (Å²) in [6.45, 7) is 0.697. The van der Waals surface area contributed by atoms with E-state index in [-0.39, 0.29) is 5.60 Å². The molecule has 88 valence electrons. The minimum absolute atomic E-state index is 0.248. The highest BCUT2D eigenvalue weighted by molar-refractivity contribution is 5.80. The third-order valence-corrected chi connectivity index (χ3v) is 4.01. The van der Waals surface area contributed by atoms with Crippen LogP contribution in [0.3, 0.4) is 0 Å². The summed E-state index contributed by atoms with van der Waals surface area (Å²) in [7, 11) is 0. The van der Waals surface area contributed by atoms with Crippen molar-refractivity contribution in [3.63, 3.8) is 0 Å². The normalized spacial score (nSPS) is 18.7. The third kappa shape index (κ3) is 1.15. The Balaban J connectivity index is 2.06. The predicted octanol–water partition coefficient (Wildman–Crippen LogP) is 3.89. The van der Waals surface area contributed by atoms with E-state index < -0.39 is 0 Å². The van der Waals surface area contributed by atoms with E-state index in [1.54, 1.807) is 0 Å². The molecule has 2 aromatic rings. The van der Waals surface area contributed by atoms with Crippen LogP contribution in [0.5, 0.6) is 0 Å². The van der Waals surface area contributed by atoms with Gasteiger partial charge < -0.3 is 4.74 Å². The summed E-state index contributed by atoms with van der Waals surface area (Å²) < 4.78 is 6.19. The van der Waals surface area contributed by atoms with Crippen LogP contribution < -0.4 is 0 Å². The molecule has 0 aromatic heterocycles. The molecule has 0 saturated carbocycles. The molecule has 18 heavy (non-hydrogen) atoms. The molecule has 0 atom stereocenters. The first kappa shape index (κ1) is 10.1. The average molecular weight is 234 g/mol. The second kappa shape index (κ2) is 3.56. The average Bonchev–Trinajstić information content (AvgIpc) is 2.72. The fourth-order valence-electron chi connectivity index (χ4n) is 3.23. The van der Waals surface area contributed by atoms with Crippen molar-refractivity contribution in [2.45, 2.75) is 12.0 Å². The predicted molar refractivity (Wildman–Crippen MR) is 72.4 cm³/mol. The highest BCUT2D eigenvalue weighted by Crippen LogP contribution is 2.52. The molecule has 1 aliphatic heterocycles. The smallest absolute Gasteiger partial charge is 0.123 e. The summed E-state index contributed by atoms with van der Waals surface area (Å²) in [6, 6.07) is 17.2. The molecule has 1 aliphatic carbocycles. The van der Waals surface area contributed by atoms with Crippen molar-refractivity contribution in [3.05, 3.63) is 71.8 Å². The molecular formula is C17H14O. The van der Waals surface area contributed by atoms with Crippen molar-refractivity contribution in [2.75, 3.05) is 6.61 Å². The SMILES string of the molecule is C1=CCC2(OC1)c1ccccc1-c1ccccc12. The first-order valence-electron chi connectivity index (χ1n) is 6.40. The molecule has 0 unspecified atom stereocenters. The molecule has 0 fully saturated rings. The molecule has 1 heterocycles. The summed E-state index contributed by atoms with van der Waals surface area (Å²) in [6.07, 6.45) is 5.28. The van der Waals surface area contributed by atoms with Gasteiger partial charge in [0, 0.05) is 6.42 Å². The Morgan fingerprint density at radius 3 is 1.94 bits per heavy atom. The maximum atomic E-state index is 6.19. The van der Waals surface area contributed by atoms with Gasteiger partial charge in [-0.1, -0.05) is 60.7 Å². The van der Waals surface area contributed by atoms with Crippen LogP contribution in [0.15, 0.2) is 60.7 Å². The number of hydrogen-bond acceptors (Lipinski definition) is 1. The first-order chi connectivity index (χ1) is 8.92. The van der Waals surface area contributed by atoms with Crippen LogP contribution in [-0.2, 0) is 10.3 Å². The molecule has 0 N–H and O–H groups in total. The zero-order valence-corrected chi connectivity index (χ0v) is 10.1. The lowest BCUT2D eigenvalue weighted by molar-refractivity contribution is -0.00392. The highest BCUT2D eigenvalue weighted by Gasteiger charge is 2.43. The van der Waals surface area contributed by atoms with Crippen LogP contribution in [0.1, 0.15) is 17.5 Å². The van der Waals surface area contributed by atoms with E-state index >= 15 is 0 Å². The number of hydrogen-bond donors (Lipinski definition) is 0. The fraction of sp³-hybridized carbons (Fsp3) is 0.176. The summed E-state index contributed by atoms with van der Waals surface area (Å²) in [4.78, 5) is 0. The van der Waals surface area contributed by atoms with Gasteiger partial charge in [0.25, 0.3) is 0 Å². The van der Waals surface area contributed by atoms with Gasteiger partial charge in [-0.25, -0.2) is 0 Å². The standard InChI is InChI=1S/C17H14O/c1-3-9-15-13(7-1)14-8-2-4-10-16(14)17(15)11-5-6-12-18-17/h1-10H,11-12H2. The first-order valence-corrected chi connectivity index (χ1v) is 6.40. The lowest BCUT2D eigenvalue weighted by Gasteiger charge is -2.33. The fourth-order valence-corrected chi connectivity index (χ4v) is 3.23. The minimum atomic E-state index is -0.248. The van der Waals surface area contributed by atoms with Gasteiger partial charge in [0.05, 0.1) is 6.61 Å². The van der Waals surface area contributed by atoms with Gasteiger partial charge >= 0.3 is 0 Å². The number of fused-ring (bicyclic) bond motifs is 5. The van der Waals surface area contributed by atoms with E-state index in [1.807, 2.05) is 0 Å². The molecule has 1 heteroatoms. The van der Waals surface area contributed by atoms with Crippen molar-refractivity contribution >= 4 is 0 Å². The molecule has 1 nitrogen and oxygen atoms in total. The second-order valence-electron chi connectivity index (χ2n) is 4.90. The maximum Gasteiger partial charge on any atom is 0.123 e. The van der Waals surface area contributed by atoms with Crippen LogP contribution in [0.2, 0.25) is 0 Å². The van der Waals surface area contributed by atoms with Crippen molar-refractivity contribution in [1.29, 1.82) is 0 Å². The molecule has 4 rings (SSSR count). The van der Waals surface area contributed by atoms with Gasteiger partial charge in [-0.2, -0.15) is 0 Å². The van der Waals surface area contributed by atoms with Crippen molar-refractivity contribution in [2.24, 2.45) is 0 Å². The van der Waals surface area contributed by atoms with Crippen LogP contribution in [0.25, 0.3) is 11.1 Å². The Bertz CT molecular complexity index is 594. The molecular weight excluding hydrogens is 220 g/mol. The summed E-state index contributed by atoms with van der Waals surface area (Å²) in [5, 5.41) is 0. The summed E-state index contributed by atoms with van der Waals surface area (Å²) >= 11 is 0. The molecule has 0 radical (unpaired) electrons. The Hall–Kier alpha value is -1.86. The van der Waals surface area contributed by atoms with Gasteiger partial charge in [-0.3, -0.25) is 0 Å². The number of rotatable bonds is 0. The van der Waals surface area contributed by atoms with Gasteiger partial charge in [0.1, 0.15) is 5.60 Å². The van der Waals surface area contributed by atoms with Gasteiger partial charge in [-0.05, 0) is 22.3 Å². The van der Waals surface area contributed by atoms with E-state index in [0.29, 0.717) is 6.61 Å². The Kier molecular flexibility index (Phi) is 2.00. The molecule has 1 spiro atoms. The zero-order chi connectivity index (χ0) is 12.0. The van der Waals surface area contributed by atoms with E-state index in [9.17, 15) is 0 Å². The quantitative estimate of drug-likeness (QED) is 0.628. The van der Waals surface area contributed by atoms with E-state index in [4.69, 9.17) is 4.74 Å². The highest BCUT2D eigenvalue weighted by atomic mass is 16.5. The van der Waals surface area contributed by atoms with Gasteiger partial charge in [0.2, 0.25) is 0 Å². The largest absolute Gasteiger partial charge is 0.361 e. The molecule has 0 saturated heterocycles. The Morgan fingerprint density at radius 1 is 0.778 bits per heavy atom. The zero-order valence-electron chi connectivity index (χ0n) is 10.1. The van der Waals surface area contributed by atoms with Crippen molar-refractivity contribution in [3.8, 4) is 11.1 Å². The van der Waals surface area contributed by atoms with Gasteiger partial charge in [-0.15, -0.1) is 0 Å². The monoisotopic (exact) mass is 234 g/mol. The molecule has 2 aliphatic rings. The lowest BCUT2D eigenvalue weighted by Crippen LogP contribution is -2.30. The van der Waals surface area contributed by atoms with Crippen LogP contribution in [-0.4, -0.2) is 6.61 Å². The number of ether oxygens (including phenoxy) is 1. The van der Waals surface area contributed by atoms with Crippen LogP contribution in [0.4, 0.5) is 0 Å². The van der Waals surface area contributed by atoms with E-state index in [0.717, 1.165) is 6.42 Å². The molecule has 0 amide bonds. The van der Waals surface area contributed by atoms with Crippen molar-refractivity contribution in [1.82, 2.24) is 0 Å². The Labute approximate surface area is 107 Å². The minimum Gasteiger partial charge on any atom is -0.361 e. The van der Waals surface area contributed by atoms with Gasteiger partial charge in [0.15, 0.2) is 0 Å². The summed E-state index contributed by atoms with van der Waals surface area (Å²) in [5.74, 6) is 0. The van der Waals surface area contributed by atoms with E-state index in [1.165, 1.54) is 22.3 Å². The third-order valence-electron chi connectivity index (χ3n) is 4.01. The van der Waals surface area contributed by atoms with Crippen LogP contribution in [0, 0.1) is 0 Å². The van der Waals surface area contributed by atoms with Crippen molar-refractivity contribution < 1.29 is 4.74 Å². The lowest BCUT2D eigenvalue weighted by atomic mass is 9.86. The second-order valence-corrected chi connectivity index (χ2v) is 4.90. The van der Waals surface area contributed by atoms with E-state index in [2.05, 4.69) is 60.7 Å².